The SMILES string of the molecule is CC(=O)NCCNc1nc(-c2ccccc2)nc(NCCNC(=O)c2cc3ccccc3s2)c1C. The van der Waals surface area contributed by atoms with Gasteiger partial charge in [0.05, 0.1) is 4.88 Å². The Morgan fingerprint density at radius 3 is 2.11 bits per heavy atom. The summed E-state index contributed by atoms with van der Waals surface area (Å²) in [7, 11) is 0. The van der Waals surface area contributed by atoms with Crippen molar-refractivity contribution in [2.75, 3.05) is 36.8 Å². The molecule has 35 heavy (non-hydrogen) atoms. The summed E-state index contributed by atoms with van der Waals surface area (Å²) in [5.41, 5.74) is 1.77. The number of nitrogens with zero attached hydrogens (tertiary/aromatic N) is 2. The number of fused-ring (bicyclic) bond motifs is 1. The van der Waals surface area contributed by atoms with Crippen LogP contribution in [0.2, 0.25) is 0 Å². The van der Waals surface area contributed by atoms with Gasteiger partial charge in [0.1, 0.15) is 11.6 Å². The molecule has 0 aliphatic rings. The van der Waals surface area contributed by atoms with Gasteiger partial charge in [0.25, 0.3) is 5.91 Å². The molecule has 0 unspecified atom stereocenters. The number of hydrogen-bond acceptors (Lipinski definition) is 7. The van der Waals surface area contributed by atoms with Crippen molar-refractivity contribution in [1.29, 1.82) is 0 Å². The van der Waals surface area contributed by atoms with Gasteiger partial charge < -0.3 is 21.3 Å². The standard InChI is InChI=1S/C26H28N6O2S/c1-17-23(28-13-12-27-18(2)33)31-25(19-8-4-3-5-9-19)32-24(17)29-14-15-30-26(34)22-16-20-10-6-7-11-21(20)35-22/h3-11,16H,12-15H2,1-2H3,(H,27,33)(H,30,34)(H2,28,29,31,32). The molecule has 2 heterocycles. The molecule has 9 heteroatoms. The zero-order valence-electron chi connectivity index (χ0n) is 19.7. The van der Waals surface area contributed by atoms with E-state index in [0.717, 1.165) is 21.2 Å². The van der Waals surface area contributed by atoms with Gasteiger partial charge in [-0.3, -0.25) is 9.59 Å². The molecule has 0 saturated heterocycles. The summed E-state index contributed by atoms with van der Waals surface area (Å²) in [6.07, 6.45) is 0. The third-order valence-electron chi connectivity index (χ3n) is 5.32. The number of carbonyl (C=O) groups excluding carboxylic acids is 2. The van der Waals surface area contributed by atoms with Crippen LogP contribution in [0.15, 0.2) is 60.7 Å². The zero-order chi connectivity index (χ0) is 24.6. The molecule has 0 bridgehead atoms. The highest BCUT2D eigenvalue weighted by Gasteiger charge is 2.13. The average molecular weight is 489 g/mol. The maximum absolute atomic E-state index is 12.6. The van der Waals surface area contributed by atoms with E-state index in [9.17, 15) is 9.59 Å². The van der Waals surface area contributed by atoms with Crippen molar-refractivity contribution >= 4 is 44.9 Å². The number of nitrogens with one attached hydrogen (secondary N) is 4. The van der Waals surface area contributed by atoms with Crippen molar-refractivity contribution in [2.45, 2.75) is 13.8 Å². The third kappa shape index (κ3) is 6.33. The molecule has 2 amide bonds. The van der Waals surface area contributed by atoms with E-state index in [2.05, 4.69) is 21.3 Å². The highest BCUT2D eigenvalue weighted by molar-refractivity contribution is 7.20. The van der Waals surface area contributed by atoms with E-state index in [-0.39, 0.29) is 11.8 Å². The maximum Gasteiger partial charge on any atom is 0.261 e. The summed E-state index contributed by atoms with van der Waals surface area (Å²) in [5.74, 6) is 1.82. The van der Waals surface area contributed by atoms with Crippen molar-refractivity contribution in [1.82, 2.24) is 20.6 Å². The Labute approximate surface area is 208 Å². The predicted octanol–water partition coefficient (Wildman–Crippen LogP) is 4.06. The molecule has 180 valence electrons. The summed E-state index contributed by atoms with van der Waals surface area (Å²) in [5, 5.41) is 13.4. The van der Waals surface area contributed by atoms with Crippen molar-refractivity contribution in [3.63, 3.8) is 0 Å². The summed E-state index contributed by atoms with van der Waals surface area (Å²) in [4.78, 5) is 33.8. The minimum absolute atomic E-state index is 0.0729. The van der Waals surface area contributed by atoms with Crippen LogP contribution in [0.4, 0.5) is 11.6 Å². The molecule has 0 spiro atoms. The van der Waals surface area contributed by atoms with Gasteiger partial charge in [-0.2, -0.15) is 0 Å². The number of benzene rings is 2. The first-order valence-corrected chi connectivity index (χ1v) is 12.3. The van der Waals surface area contributed by atoms with Gasteiger partial charge in [-0.1, -0.05) is 48.5 Å². The number of aromatic nitrogens is 2. The lowest BCUT2D eigenvalue weighted by atomic mass is 10.2. The fourth-order valence-corrected chi connectivity index (χ4v) is 4.51. The Morgan fingerprint density at radius 2 is 1.46 bits per heavy atom. The van der Waals surface area contributed by atoms with Crippen LogP contribution in [0.5, 0.6) is 0 Å². The molecule has 4 N–H and O–H groups in total. The first-order chi connectivity index (χ1) is 17.0. The van der Waals surface area contributed by atoms with Gasteiger partial charge >= 0.3 is 0 Å². The lowest BCUT2D eigenvalue weighted by molar-refractivity contribution is -0.118. The van der Waals surface area contributed by atoms with Gasteiger partial charge in [0.15, 0.2) is 5.82 Å². The Balaban J connectivity index is 1.41. The van der Waals surface area contributed by atoms with Crippen LogP contribution in [0.1, 0.15) is 22.2 Å². The molecule has 0 fully saturated rings. The molecule has 4 rings (SSSR count). The van der Waals surface area contributed by atoms with Crippen LogP contribution >= 0.6 is 11.3 Å². The summed E-state index contributed by atoms with van der Waals surface area (Å²) < 4.78 is 1.10. The van der Waals surface area contributed by atoms with Crippen molar-refractivity contribution in [2.24, 2.45) is 0 Å². The predicted molar refractivity (Wildman–Crippen MR) is 142 cm³/mol. The fourth-order valence-electron chi connectivity index (χ4n) is 3.53. The smallest absolute Gasteiger partial charge is 0.261 e. The summed E-state index contributed by atoms with van der Waals surface area (Å²) >= 11 is 1.49. The maximum atomic E-state index is 12.6. The number of anilines is 2. The Morgan fingerprint density at radius 1 is 0.829 bits per heavy atom. The first-order valence-electron chi connectivity index (χ1n) is 11.4. The van der Waals surface area contributed by atoms with E-state index < -0.39 is 0 Å². The molecular formula is C26H28N6O2S. The van der Waals surface area contributed by atoms with E-state index >= 15 is 0 Å². The fraction of sp³-hybridized carbons (Fsp3) is 0.231. The van der Waals surface area contributed by atoms with Crippen LogP contribution in [-0.4, -0.2) is 48.0 Å². The zero-order valence-corrected chi connectivity index (χ0v) is 20.5. The molecule has 0 atom stereocenters. The number of carbonyl (C=O) groups is 2. The van der Waals surface area contributed by atoms with Gasteiger partial charge in [-0.05, 0) is 24.4 Å². The Hall–Kier alpha value is -3.98. The van der Waals surface area contributed by atoms with Crippen LogP contribution in [0.3, 0.4) is 0 Å². The summed E-state index contributed by atoms with van der Waals surface area (Å²) in [6, 6.07) is 19.6. The Bertz CT molecular complexity index is 1290. The second-order valence-corrected chi connectivity index (χ2v) is 9.06. The molecule has 8 nitrogen and oxygen atoms in total. The van der Waals surface area contributed by atoms with Crippen molar-refractivity contribution < 1.29 is 9.59 Å². The number of rotatable bonds is 10. The molecule has 0 saturated carbocycles. The van der Waals surface area contributed by atoms with E-state index in [0.29, 0.717) is 48.5 Å². The van der Waals surface area contributed by atoms with Crippen LogP contribution in [-0.2, 0) is 4.79 Å². The largest absolute Gasteiger partial charge is 0.368 e. The highest BCUT2D eigenvalue weighted by Crippen LogP contribution is 2.26. The quantitative estimate of drug-likeness (QED) is 0.251. The van der Waals surface area contributed by atoms with Crippen LogP contribution in [0, 0.1) is 6.92 Å². The molecule has 4 aromatic rings. The van der Waals surface area contributed by atoms with Gasteiger partial charge in [0, 0.05) is 48.9 Å². The Kier molecular flexibility index (Phi) is 7.89. The molecule has 0 radical (unpaired) electrons. The number of amides is 2. The minimum atomic E-state index is -0.0855. The normalized spacial score (nSPS) is 10.7. The highest BCUT2D eigenvalue weighted by atomic mass is 32.1. The van der Waals surface area contributed by atoms with E-state index in [4.69, 9.17) is 9.97 Å². The second kappa shape index (κ2) is 11.4. The molecule has 0 aliphatic heterocycles. The topological polar surface area (TPSA) is 108 Å². The first kappa shape index (κ1) is 24.2. The summed E-state index contributed by atoms with van der Waals surface area (Å²) in [6.45, 7) is 5.41. The molecule has 2 aromatic carbocycles. The van der Waals surface area contributed by atoms with Gasteiger partial charge in [0.2, 0.25) is 5.91 Å². The van der Waals surface area contributed by atoms with Gasteiger partial charge in [-0.25, -0.2) is 9.97 Å². The van der Waals surface area contributed by atoms with E-state index in [1.165, 1.54) is 18.3 Å². The average Bonchev–Trinajstić information content (AvgIpc) is 3.31. The second-order valence-electron chi connectivity index (χ2n) is 7.98. The van der Waals surface area contributed by atoms with Gasteiger partial charge in [-0.15, -0.1) is 11.3 Å². The lowest BCUT2D eigenvalue weighted by Crippen LogP contribution is -2.28. The molecular weight excluding hydrogens is 460 g/mol. The molecule has 2 aromatic heterocycles. The van der Waals surface area contributed by atoms with Crippen molar-refractivity contribution in [3.05, 3.63) is 71.1 Å². The number of hydrogen-bond donors (Lipinski definition) is 4. The minimum Gasteiger partial charge on any atom is -0.368 e. The van der Waals surface area contributed by atoms with E-state index in [1.807, 2.05) is 67.6 Å². The van der Waals surface area contributed by atoms with Crippen LogP contribution in [0.25, 0.3) is 21.5 Å². The van der Waals surface area contributed by atoms with Crippen molar-refractivity contribution in [3.8, 4) is 11.4 Å². The van der Waals surface area contributed by atoms with Crippen LogP contribution < -0.4 is 21.3 Å². The monoisotopic (exact) mass is 488 g/mol. The lowest BCUT2D eigenvalue weighted by Gasteiger charge is -2.16. The number of thiophene rings is 1. The molecule has 0 aliphatic carbocycles. The third-order valence-corrected chi connectivity index (χ3v) is 6.44. The van der Waals surface area contributed by atoms with E-state index in [1.54, 1.807) is 0 Å².